The molecule has 3 aromatic rings. The molecular formula is C17H15BrN2O2. The molecule has 1 heterocycles. The SMILES string of the molecule is Cc1cc(C)c2c(CC(=O)Nc3ccc(Br)cc3)noc2c1. The molecule has 1 amide bonds. The highest BCUT2D eigenvalue weighted by molar-refractivity contribution is 9.10. The molecule has 2 aromatic carbocycles. The molecule has 0 atom stereocenters. The summed E-state index contributed by atoms with van der Waals surface area (Å²) in [6, 6.07) is 11.5. The lowest BCUT2D eigenvalue weighted by atomic mass is 10.0. The topological polar surface area (TPSA) is 55.1 Å². The van der Waals surface area contributed by atoms with Gasteiger partial charge in [0.25, 0.3) is 0 Å². The van der Waals surface area contributed by atoms with Crippen molar-refractivity contribution in [2.75, 3.05) is 5.32 Å². The van der Waals surface area contributed by atoms with Crippen LogP contribution in [0, 0.1) is 13.8 Å². The van der Waals surface area contributed by atoms with Gasteiger partial charge in [-0.3, -0.25) is 4.79 Å². The Balaban J connectivity index is 1.81. The van der Waals surface area contributed by atoms with Crippen LogP contribution < -0.4 is 5.32 Å². The first kappa shape index (κ1) is 14.8. The molecule has 22 heavy (non-hydrogen) atoms. The van der Waals surface area contributed by atoms with Crippen molar-refractivity contribution in [2.24, 2.45) is 0 Å². The van der Waals surface area contributed by atoms with Crippen LogP contribution in [0.1, 0.15) is 16.8 Å². The summed E-state index contributed by atoms with van der Waals surface area (Å²) in [5.41, 5.74) is 4.34. The number of carbonyl (C=O) groups is 1. The van der Waals surface area contributed by atoms with E-state index in [1.54, 1.807) is 0 Å². The quantitative estimate of drug-likeness (QED) is 0.755. The van der Waals surface area contributed by atoms with Gasteiger partial charge in [0.05, 0.1) is 6.42 Å². The maximum Gasteiger partial charge on any atom is 0.230 e. The summed E-state index contributed by atoms with van der Waals surface area (Å²) in [7, 11) is 0. The third-order valence-electron chi connectivity index (χ3n) is 3.44. The van der Waals surface area contributed by atoms with E-state index >= 15 is 0 Å². The van der Waals surface area contributed by atoms with Crippen molar-refractivity contribution >= 4 is 38.5 Å². The highest BCUT2D eigenvalue weighted by Crippen LogP contribution is 2.24. The highest BCUT2D eigenvalue weighted by Gasteiger charge is 2.15. The van der Waals surface area contributed by atoms with E-state index in [-0.39, 0.29) is 12.3 Å². The molecular weight excluding hydrogens is 344 g/mol. The second-order valence-corrected chi connectivity index (χ2v) is 6.23. The smallest absolute Gasteiger partial charge is 0.230 e. The number of anilines is 1. The molecule has 0 spiro atoms. The minimum absolute atomic E-state index is 0.113. The molecule has 4 nitrogen and oxygen atoms in total. The molecule has 1 aromatic heterocycles. The lowest BCUT2D eigenvalue weighted by Gasteiger charge is -2.04. The zero-order valence-electron chi connectivity index (χ0n) is 12.3. The molecule has 0 saturated carbocycles. The van der Waals surface area contributed by atoms with Crippen molar-refractivity contribution in [1.82, 2.24) is 5.16 Å². The van der Waals surface area contributed by atoms with E-state index in [2.05, 4.69) is 32.5 Å². The van der Waals surface area contributed by atoms with Gasteiger partial charge in [-0.05, 0) is 55.3 Å². The number of rotatable bonds is 3. The predicted molar refractivity (Wildman–Crippen MR) is 90.0 cm³/mol. The standard InChI is InChI=1S/C17H15BrN2O2/c1-10-7-11(2)17-14(20-22-15(17)8-10)9-16(21)19-13-5-3-12(18)4-6-13/h3-8H,9H2,1-2H3,(H,19,21). The zero-order chi connectivity index (χ0) is 15.7. The van der Waals surface area contributed by atoms with Crippen LogP contribution in [0.25, 0.3) is 11.0 Å². The largest absolute Gasteiger partial charge is 0.356 e. The summed E-state index contributed by atoms with van der Waals surface area (Å²) in [6.07, 6.45) is 0.187. The van der Waals surface area contributed by atoms with E-state index in [4.69, 9.17) is 4.52 Å². The minimum atomic E-state index is -0.113. The van der Waals surface area contributed by atoms with Crippen molar-refractivity contribution in [1.29, 1.82) is 0 Å². The van der Waals surface area contributed by atoms with E-state index < -0.39 is 0 Å². The molecule has 0 fully saturated rings. The lowest BCUT2D eigenvalue weighted by Crippen LogP contribution is -2.14. The normalized spacial score (nSPS) is 10.9. The molecule has 5 heteroatoms. The molecule has 0 radical (unpaired) electrons. The number of carbonyl (C=O) groups excluding carboxylic acids is 1. The van der Waals surface area contributed by atoms with Gasteiger partial charge in [-0.15, -0.1) is 0 Å². The zero-order valence-corrected chi connectivity index (χ0v) is 13.9. The minimum Gasteiger partial charge on any atom is -0.356 e. The first-order valence-electron chi connectivity index (χ1n) is 6.94. The number of halogens is 1. The predicted octanol–water partition coefficient (Wildman–Crippen LogP) is 4.39. The number of amides is 1. The van der Waals surface area contributed by atoms with Crippen molar-refractivity contribution in [2.45, 2.75) is 20.3 Å². The van der Waals surface area contributed by atoms with Crippen molar-refractivity contribution in [3.8, 4) is 0 Å². The van der Waals surface area contributed by atoms with E-state index in [1.807, 2.05) is 44.2 Å². The van der Waals surface area contributed by atoms with Gasteiger partial charge in [-0.1, -0.05) is 27.2 Å². The van der Waals surface area contributed by atoms with Gasteiger partial charge in [0, 0.05) is 15.5 Å². The van der Waals surface area contributed by atoms with Gasteiger partial charge >= 0.3 is 0 Å². The number of aromatic nitrogens is 1. The maximum absolute atomic E-state index is 12.2. The molecule has 0 aliphatic heterocycles. The Bertz CT molecular complexity index is 838. The Morgan fingerprint density at radius 3 is 2.68 bits per heavy atom. The Morgan fingerprint density at radius 2 is 1.95 bits per heavy atom. The van der Waals surface area contributed by atoms with Crippen LogP contribution in [-0.2, 0) is 11.2 Å². The van der Waals surface area contributed by atoms with Crippen molar-refractivity contribution in [3.63, 3.8) is 0 Å². The van der Waals surface area contributed by atoms with Gasteiger partial charge < -0.3 is 9.84 Å². The first-order valence-corrected chi connectivity index (χ1v) is 7.73. The Labute approximate surface area is 136 Å². The fourth-order valence-electron chi connectivity index (χ4n) is 2.53. The highest BCUT2D eigenvalue weighted by atomic mass is 79.9. The lowest BCUT2D eigenvalue weighted by molar-refractivity contribution is -0.115. The number of benzene rings is 2. The molecule has 112 valence electrons. The van der Waals surface area contributed by atoms with E-state index in [0.29, 0.717) is 5.69 Å². The van der Waals surface area contributed by atoms with E-state index in [9.17, 15) is 4.79 Å². The summed E-state index contributed by atoms with van der Waals surface area (Å²) >= 11 is 3.37. The summed E-state index contributed by atoms with van der Waals surface area (Å²) in [5, 5.41) is 7.84. The summed E-state index contributed by atoms with van der Waals surface area (Å²) < 4.78 is 6.31. The summed E-state index contributed by atoms with van der Waals surface area (Å²) in [4.78, 5) is 12.2. The van der Waals surface area contributed by atoms with E-state index in [0.717, 1.165) is 32.3 Å². The molecule has 0 aliphatic rings. The number of nitrogens with zero attached hydrogens (tertiary/aromatic N) is 1. The first-order chi connectivity index (χ1) is 10.5. The second kappa shape index (κ2) is 5.93. The van der Waals surface area contributed by atoms with Gasteiger partial charge in [0.15, 0.2) is 5.58 Å². The summed E-state index contributed by atoms with van der Waals surface area (Å²) in [5.74, 6) is -0.113. The number of hydrogen-bond donors (Lipinski definition) is 1. The maximum atomic E-state index is 12.2. The molecule has 0 unspecified atom stereocenters. The van der Waals surface area contributed by atoms with Crippen LogP contribution in [-0.4, -0.2) is 11.1 Å². The molecule has 1 N–H and O–H groups in total. The van der Waals surface area contributed by atoms with Crippen LogP contribution >= 0.6 is 15.9 Å². The van der Waals surface area contributed by atoms with Crippen LogP contribution in [0.5, 0.6) is 0 Å². The molecule has 3 rings (SSSR count). The fraction of sp³-hybridized carbons (Fsp3) is 0.176. The van der Waals surface area contributed by atoms with Gasteiger partial charge in [0.2, 0.25) is 5.91 Å². The molecule has 0 aliphatic carbocycles. The Kier molecular flexibility index (Phi) is 3.98. The van der Waals surface area contributed by atoms with E-state index in [1.165, 1.54) is 0 Å². The van der Waals surface area contributed by atoms with Crippen molar-refractivity contribution < 1.29 is 9.32 Å². The molecule has 0 saturated heterocycles. The van der Waals surface area contributed by atoms with Crippen LogP contribution in [0.2, 0.25) is 0 Å². The van der Waals surface area contributed by atoms with Crippen LogP contribution in [0.3, 0.4) is 0 Å². The third kappa shape index (κ3) is 3.04. The number of fused-ring (bicyclic) bond motifs is 1. The third-order valence-corrected chi connectivity index (χ3v) is 3.97. The Morgan fingerprint density at radius 1 is 1.23 bits per heavy atom. The number of aryl methyl sites for hydroxylation is 2. The second-order valence-electron chi connectivity index (χ2n) is 5.32. The van der Waals surface area contributed by atoms with Crippen molar-refractivity contribution in [3.05, 3.63) is 57.7 Å². The number of hydrogen-bond acceptors (Lipinski definition) is 3. The fourth-order valence-corrected chi connectivity index (χ4v) is 2.80. The average molecular weight is 359 g/mol. The van der Waals surface area contributed by atoms with Crippen LogP contribution in [0.15, 0.2) is 45.4 Å². The van der Waals surface area contributed by atoms with Gasteiger partial charge in [-0.25, -0.2) is 0 Å². The van der Waals surface area contributed by atoms with Gasteiger partial charge in [0.1, 0.15) is 5.69 Å². The average Bonchev–Trinajstić information content (AvgIpc) is 2.84. The number of nitrogens with one attached hydrogen (secondary N) is 1. The molecule has 0 bridgehead atoms. The Hall–Kier alpha value is -2.14. The monoisotopic (exact) mass is 358 g/mol. The summed E-state index contributed by atoms with van der Waals surface area (Å²) in [6.45, 7) is 4.01. The van der Waals surface area contributed by atoms with Crippen LogP contribution in [0.4, 0.5) is 5.69 Å². The van der Waals surface area contributed by atoms with Gasteiger partial charge in [-0.2, -0.15) is 0 Å².